The summed E-state index contributed by atoms with van der Waals surface area (Å²) in [6.07, 6.45) is -1.90. The van der Waals surface area contributed by atoms with Crippen LogP contribution in [0.2, 0.25) is 0 Å². The summed E-state index contributed by atoms with van der Waals surface area (Å²) in [5.41, 5.74) is 0.947. The van der Waals surface area contributed by atoms with Crippen molar-refractivity contribution in [2.45, 2.75) is 44.7 Å². The predicted molar refractivity (Wildman–Crippen MR) is 64.6 cm³/mol. The molecule has 2 aliphatic heterocycles. The van der Waals surface area contributed by atoms with Gasteiger partial charge in [0.2, 0.25) is 0 Å². The highest BCUT2D eigenvalue weighted by Gasteiger charge is 2.49. The Bertz CT molecular complexity index is 408. The highest BCUT2D eigenvalue weighted by atomic mass is 16.8. The van der Waals surface area contributed by atoms with E-state index in [0.29, 0.717) is 0 Å². The van der Waals surface area contributed by atoms with E-state index in [1.807, 2.05) is 44.2 Å². The number of aliphatic hydroxyl groups is 1. The zero-order chi connectivity index (χ0) is 12.7. The minimum Gasteiger partial charge on any atom is -0.390 e. The first-order chi connectivity index (χ1) is 8.66. The van der Waals surface area contributed by atoms with E-state index in [-0.39, 0.29) is 12.0 Å². The second-order valence-corrected chi connectivity index (χ2v) is 5.04. The SMILES string of the molecule is CC1OC2OC(c3ccccc3)OC2C(O)C1C. The van der Waals surface area contributed by atoms with Crippen molar-refractivity contribution in [1.82, 2.24) is 0 Å². The van der Waals surface area contributed by atoms with Crippen LogP contribution < -0.4 is 0 Å². The summed E-state index contributed by atoms with van der Waals surface area (Å²) in [4.78, 5) is 0. The average molecular weight is 250 g/mol. The minimum atomic E-state index is -0.549. The summed E-state index contributed by atoms with van der Waals surface area (Å²) >= 11 is 0. The second-order valence-electron chi connectivity index (χ2n) is 5.04. The molecule has 0 aliphatic carbocycles. The lowest BCUT2D eigenvalue weighted by molar-refractivity contribution is -0.222. The lowest BCUT2D eigenvalue weighted by atomic mass is 9.92. The van der Waals surface area contributed by atoms with Gasteiger partial charge in [-0.2, -0.15) is 0 Å². The van der Waals surface area contributed by atoms with Crippen LogP contribution in [0.1, 0.15) is 25.7 Å². The number of fused-ring (bicyclic) bond motifs is 1. The quantitative estimate of drug-likeness (QED) is 0.826. The summed E-state index contributed by atoms with van der Waals surface area (Å²) in [6, 6.07) is 9.71. The Morgan fingerprint density at radius 1 is 1.00 bits per heavy atom. The molecule has 6 atom stereocenters. The Morgan fingerprint density at radius 2 is 1.72 bits per heavy atom. The van der Waals surface area contributed by atoms with E-state index < -0.39 is 24.8 Å². The van der Waals surface area contributed by atoms with Crippen molar-refractivity contribution in [3.8, 4) is 0 Å². The Labute approximate surface area is 106 Å². The van der Waals surface area contributed by atoms with Crippen LogP contribution in [0.15, 0.2) is 30.3 Å². The van der Waals surface area contributed by atoms with Crippen LogP contribution in [0.4, 0.5) is 0 Å². The molecule has 0 bridgehead atoms. The van der Waals surface area contributed by atoms with Crippen molar-refractivity contribution >= 4 is 0 Å². The van der Waals surface area contributed by atoms with Gasteiger partial charge in [-0.3, -0.25) is 0 Å². The molecule has 2 heterocycles. The molecule has 6 unspecified atom stereocenters. The normalized spacial score (nSPS) is 43.7. The second kappa shape index (κ2) is 4.63. The number of aliphatic hydroxyl groups excluding tert-OH is 1. The maximum Gasteiger partial charge on any atom is 0.190 e. The Balaban J connectivity index is 1.78. The van der Waals surface area contributed by atoms with Gasteiger partial charge in [-0.15, -0.1) is 0 Å². The number of ether oxygens (including phenoxy) is 3. The fourth-order valence-electron chi connectivity index (χ4n) is 2.47. The molecule has 0 radical (unpaired) electrons. The van der Waals surface area contributed by atoms with E-state index in [0.717, 1.165) is 5.56 Å². The molecule has 4 heteroatoms. The smallest absolute Gasteiger partial charge is 0.190 e. The Morgan fingerprint density at radius 3 is 2.44 bits per heavy atom. The minimum absolute atomic E-state index is 0.0284. The van der Waals surface area contributed by atoms with Crippen LogP contribution in [0.25, 0.3) is 0 Å². The molecule has 0 aromatic heterocycles. The molecular formula is C14H18O4. The van der Waals surface area contributed by atoms with Crippen LogP contribution >= 0.6 is 0 Å². The van der Waals surface area contributed by atoms with Crippen molar-refractivity contribution in [3.63, 3.8) is 0 Å². The molecule has 1 N–H and O–H groups in total. The number of benzene rings is 1. The van der Waals surface area contributed by atoms with E-state index in [1.54, 1.807) is 0 Å². The van der Waals surface area contributed by atoms with Gasteiger partial charge < -0.3 is 19.3 Å². The molecule has 2 fully saturated rings. The van der Waals surface area contributed by atoms with Crippen molar-refractivity contribution in [1.29, 1.82) is 0 Å². The summed E-state index contributed by atoms with van der Waals surface area (Å²) in [5, 5.41) is 10.2. The molecule has 4 nitrogen and oxygen atoms in total. The van der Waals surface area contributed by atoms with Gasteiger partial charge in [-0.1, -0.05) is 37.3 Å². The molecule has 18 heavy (non-hydrogen) atoms. The van der Waals surface area contributed by atoms with E-state index in [4.69, 9.17) is 14.2 Å². The van der Waals surface area contributed by atoms with Crippen LogP contribution in [-0.2, 0) is 14.2 Å². The zero-order valence-corrected chi connectivity index (χ0v) is 10.5. The molecule has 98 valence electrons. The van der Waals surface area contributed by atoms with Crippen LogP contribution in [-0.4, -0.2) is 29.7 Å². The predicted octanol–water partition coefficient (Wildman–Crippen LogP) is 1.84. The Hall–Kier alpha value is -0.940. The first-order valence-electron chi connectivity index (χ1n) is 6.36. The van der Waals surface area contributed by atoms with E-state index >= 15 is 0 Å². The van der Waals surface area contributed by atoms with E-state index in [2.05, 4.69) is 0 Å². The number of hydrogen-bond acceptors (Lipinski definition) is 4. The monoisotopic (exact) mass is 250 g/mol. The van der Waals surface area contributed by atoms with Gasteiger partial charge in [0.05, 0.1) is 12.2 Å². The van der Waals surface area contributed by atoms with Gasteiger partial charge in [-0.25, -0.2) is 0 Å². The van der Waals surface area contributed by atoms with Crippen molar-refractivity contribution < 1.29 is 19.3 Å². The maximum atomic E-state index is 10.2. The van der Waals surface area contributed by atoms with Crippen molar-refractivity contribution in [2.75, 3.05) is 0 Å². The van der Waals surface area contributed by atoms with Gasteiger partial charge in [0, 0.05) is 11.5 Å². The topological polar surface area (TPSA) is 47.9 Å². The molecule has 3 rings (SSSR count). The van der Waals surface area contributed by atoms with E-state index in [9.17, 15) is 5.11 Å². The molecule has 0 saturated carbocycles. The zero-order valence-electron chi connectivity index (χ0n) is 10.5. The average Bonchev–Trinajstić information content (AvgIpc) is 2.81. The third-order valence-electron chi connectivity index (χ3n) is 3.84. The van der Waals surface area contributed by atoms with Crippen molar-refractivity contribution in [3.05, 3.63) is 35.9 Å². The summed E-state index contributed by atoms with van der Waals surface area (Å²) in [5.74, 6) is 0.0457. The van der Waals surface area contributed by atoms with Gasteiger partial charge in [0.25, 0.3) is 0 Å². The lowest BCUT2D eigenvalue weighted by Gasteiger charge is -2.37. The molecular weight excluding hydrogens is 232 g/mol. The highest BCUT2D eigenvalue weighted by molar-refractivity contribution is 5.17. The van der Waals surface area contributed by atoms with Crippen LogP contribution in [0.5, 0.6) is 0 Å². The lowest BCUT2D eigenvalue weighted by Crippen LogP contribution is -2.51. The third kappa shape index (κ3) is 1.95. The molecule has 0 amide bonds. The van der Waals surface area contributed by atoms with Gasteiger partial charge in [0.1, 0.15) is 6.10 Å². The fourth-order valence-corrected chi connectivity index (χ4v) is 2.47. The summed E-state index contributed by atoms with van der Waals surface area (Å²) < 4.78 is 17.3. The number of hydrogen-bond donors (Lipinski definition) is 1. The van der Waals surface area contributed by atoms with Gasteiger partial charge in [-0.05, 0) is 6.92 Å². The molecule has 2 aliphatic rings. The fraction of sp³-hybridized carbons (Fsp3) is 0.571. The molecule has 1 aromatic rings. The van der Waals surface area contributed by atoms with Crippen LogP contribution in [0, 0.1) is 5.92 Å². The first kappa shape index (κ1) is 12.1. The Kier molecular flexibility index (Phi) is 3.11. The van der Waals surface area contributed by atoms with Crippen LogP contribution in [0.3, 0.4) is 0 Å². The maximum absolute atomic E-state index is 10.2. The number of rotatable bonds is 1. The molecule has 2 saturated heterocycles. The largest absolute Gasteiger partial charge is 0.390 e. The first-order valence-corrected chi connectivity index (χ1v) is 6.36. The highest BCUT2D eigenvalue weighted by Crippen LogP contribution is 2.39. The van der Waals surface area contributed by atoms with E-state index in [1.165, 1.54) is 0 Å². The molecule has 1 aromatic carbocycles. The summed E-state index contributed by atoms with van der Waals surface area (Å²) in [7, 11) is 0. The molecule has 0 spiro atoms. The standard InChI is InChI=1S/C14H18O4/c1-8-9(2)16-14-12(11(8)15)17-13(18-14)10-6-4-3-5-7-10/h3-9,11-15H,1-2H3. The van der Waals surface area contributed by atoms with Gasteiger partial charge in [0.15, 0.2) is 12.6 Å². The third-order valence-corrected chi connectivity index (χ3v) is 3.84. The summed E-state index contributed by atoms with van der Waals surface area (Å²) in [6.45, 7) is 3.91. The van der Waals surface area contributed by atoms with Gasteiger partial charge >= 0.3 is 0 Å². The van der Waals surface area contributed by atoms with Crippen molar-refractivity contribution in [2.24, 2.45) is 5.92 Å².